The minimum atomic E-state index is -1.84. The molecule has 3 aliphatic carbocycles. The Bertz CT molecular complexity index is 833. The Morgan fingerprint density at radius 1 is 0.806 bits per heavy atom. The van der Waals surface area contributed by atoms with Gasteiger partial charge in [-0.15, -0.1) is 0 Å². The average molecular weight is 437 g/mol. The van der Waals surface area contributed by atoms with E-state index in [-0.39, 0.29) is 16.5 Å². The Labute approximate surface area is 192 Å². The van der Waals surface area contributed by atoms with Gasteiger partial charge in [-0.3, -0.25) is 0 Å². The van der Waals surface area contributed by atoms with E-state index in [9.17, 15) is 0 Å². The van der Waals surface area contributed by atoms with Gasteiger partial charge in [0.05, 0.1) is 5.66 Å². The monoisotopic (exact) mass is 436 g/mol. The second-order valence-corrected chi connectivity index (χ2v) is 17.8. The highest BCUT2D eigenvalue weighted by molar-refractivity contribution is 6.76. The van der Waals surface area contributed by atoms with Crippen LogP contribution >= 0.6 is 0 Å². The lowest BCUT2D eigenvalue weighted by atomic mass is 9.74. The average Bonchev–Trinajstić information content (AvgIpc) is 3.16. The van der Waals surface area contributed by atoms with Crippen LogP contribution in [0.1, 0.15) is 55.4 Å². The van der Waals surface area contributed by atoms with Gasteiger partial charge in [0, 0.05) is 12.4 Å². The van der Waals surface area contributed by atoms with Crippen LogP contribution in [-0.4, -0.2) is 18.5 Å². The van der Waals surface area contributed by atoms with Crippen LogP contribution in [0.2, 0.25) is 18.6 Å². The van der Waals surface area contributed by atoms with Crippen molar-refractivity contribution < 1.29 is 0 Å². The molecule has 0 aromatic carbocycles. The summed E-state index contributed by atoms with van der Waals surface area (Å²) in [6.07, 6.45) is 19.9. The number of nitrogens with zero attached hydrogens (tertiary/aromatic N) is 1. The van der Waals surface area contributed by atoms with Gasteiger partial charge in [-0.1, -0.05) is 91.1 Å². The van der Waals surface area contributed by atoms with Crippen LogP contribution < -0.4 is 5.32 Å². The third-order valence-electron chi connectivity index (χ3n) is 8.33. The first kappa shape index (κ1) is 22.7. The lowest BCUT2D eigenvalue weighted by molar-refractivity contribution is 0.270. The zero-order valence-corrected chi connectivity index (χ0v) is 22.5. The summed E-state index contributed by atoms with van der Waals surface area (Å²) in [6, 6.07) is 0. The Morgan fingerprint density at radius 2 is 1.26 bits per heavy atom. The van der Waals surface area contributed by atoms with Gasteiger partial charge in [-0.25, -0.2) is 0 Å². The molecule has 4 unspecified atom stereocenters. The van der Waals surface area contributed by atoms with Crippen molar-refractivity contribution >= 4 is 8.24 Å². The first-order valence-electron chi connectivity index (χ1n) is 12.2. The van der Waals surface area contributed by atoms with Crippen molar-refractivity contribution in [2.75, 3.05) is 0 Å². The fraction of sp³-hybridized carbons (Fsp3) is 0.643. The smallest absolute Gasteiger partial charge is 0.157 e. The Kier molecular flexibility index (Phi) is 5.13. The second kappa shape index (κ2) is 7.01. The highest BCUT2D eigenvalue weighted by Crippen LogP contribution is 2.61. The summed E-state index contributed by atoms with van der Waals surface area (Å²) < 4.78 is 2.72. The third kappa shape index (κ3) is 3.71. The summed E-state index contributed by atoms with van der Waals surface area (Å²) in [5.74, 6) is 2.45. The first-order valence-corrected chi connectivity index (χ1v) is 15.2. The molecule has 4 aliphatic rings. The van der Waals surface area contributed by atoms with Gasteiger partial charge >= 0.3 is 0 Å². The molecule has 4 rings (SSSR count). The summed E-state index contributed by atoms with van der Waals surface area (Å²) >= 11 is 0. The molecule has 31 heavy (non-hydrogen) atoms. The van der Waals surface area contributed by atoms with E-state index >= 15 is 0 Å². The van der Waals surface area contributed by atoms with E-state index in [1.165, 1.54) is 11.1 Å². The lowest BCUT2D eigenvalue weighted by Crippen LogP contribution is -2.61. The van der Waals surface area contributed by atoms with Crippen molar-refractivity contribution in [2.24, 2.45) is 34.5 Å². The molecule has 2 nitrogen and oxygen atoms in total. The number of rotatable bonds is 2. The van der Waals surface area contributed by atoms with Crippen LogP contribution in [0.4, 0.5) is 0 Å². The molecule has 1 heterocycles. The Hall–Kier alpha value is -1.48. The molecule has 4 atom stereocenters. The maximum absolute atomic E-state index is 3.61. The normalized spacial score (nSPS) is 34.3. The zero-order chi connectivity index (χ0) is 23.0. The van der Waals surface area contributed by atoms with Gasteiger partial charge in [0.2, 0.25) is 0 Å². The fourth-order valence-electron chi connectivity index (χ4n) is 6.73. The molecular weight excluding hydrogens is 392 g/mol. The number of hydrogen-bond donors (Lipinski definition) is 1. The Balaban J connectivity index is 1.84. The minimum absolute atomic E-state index is 0.00847. The summed E-state index contributed by atoms with van der Waals surface area (Å²) in [6.45, 7) is 24.0. The first-order chi connectivity index (χ1) is 14.1. The Morgan fingerprint density at radius 3 is 1.61 bits per heavy atom. The summed E-state index contributed by atoms with van der Waals surface area (Å²) in [4.78, 5) is 0. The maximum atomic E-state index is 3.61. The van der Waals surface area contributed by atoms with Crippen LogP contribution in [0, 0.1) is 34.5 Å². The van der Waals surface area contributed by atoms with Crippen molar-refractivity contribution in [1.82, 2.24) is 9.88 Å². The third-order valence-corrected chi connectivity index (χ3v) is 12.7. The van der Waals surface area contributed by atoms with Crippen molar-refractivity contribution in [1.29, 1.82) is 0 Å². The van der Waals surface area contributed by atoms with Gasteiger partial charge in [0.15, 0.2) is 8.24 Å². The molecule has 3 heteroatoms. The highest BCUT2D eigenvalue weighted by atomic mass is 28.3. The topological polar surface area (TPSA) is 15.3 Å². The van der Waals surface area contributed by atoms with Crippen LogP contribution in [0.25, 0.3) is 0 Å². The molecule has 1 N–H and O–H groups in total. The van der Waals surface area contributed by atoms with E-state index < -0.39 is 8.24 Å². The van der Waals surface area contributed by atoms with Gasteiger partial charge in [0.25, 0.3) is 0 Å². The van der Waals surface area contributed by atoms with Crippen molar-refractivity contribution in [3.63, 3.8) is 0 Å². The molecule has 1 aliphatic heterocycles. The van der Waals surface area contributed by atoms with E-state index in [0.29, 0.717) is 29.2 Å². The van der Waals surface area contributed by atoms with Crippen molar-refractivity contribution in [3.8, 4) is 0 Å². The summed E-state index contributed by atoms with van der Waals surface area (Å²) in [5.41, 5.74) is 4.09. The van der Waals surface area contributed by atoms with Crippen LogP contribution in [0.5, 0.6) is 0 Å². The fourth-order valence-corrected chi connectivity index (χ4v) is 11.5. The molecule has 0 bridgehead atoms. The molecular formula is C28H44N2Si. The molecule has 0 spiro atoms. The van der Waals surface area contributed by atoms with Crippen LogP contribution in [0.15, 0.2) is 60.0 Å². The number of hydrogen-bond acceptors (Lipinski definition) is 2. The van der Waals surface area contributed by atoms with Gasteiger partial charge in [0.1, 0.15) is 0 Å². The lowest BCUT2D eigenvalue weighted by Gasteiger charge is -2.50. The summed E-state index contributed by atoms with van der Waals surface area (Å²) in [5, 5.41) is 3.61. The zero-order valence-electron chi connectivity index (χ0n) is 21.5. The molecule has 0 radical (unpaired) electrons. The van der Waals surface area contributed by atoms with Crippen LogP contribution in [-0.2, 0) is 0 Å². The van der Waals surface area contributed by atoms with Gasteiger partial charge < -0.3 is 9.88 Å². The molecule has 1 saturated carbocycles. The highest BCUT2D eigenvalue weighted by Gasteiger charge is 2.58. The molecule has 0 aromatic heterocycles. The molecule has 0 aromatic rings. The predicted molar refractivity (Wildman–Crippen MR) is 137 cm³/mol. The molecule has 170 valence electrons. The largest absolute Gasteiger partial charge is 0.381 e. The van der Waals surface area contributed by atoms with Crippen molar-refractivity contribution in [2.45, 2.75) is 79.7 Å². The van der Waals surface area contributed by atoms with Gasteiger partial charge in [-0.05, 0) is 65.0 Å². The number of fused-ring (bicyclic) bond motifs is 3. The van der Waals surface area contributed by atoms with E-state index in [1.54, 1.807) is 0 Å². The quantitative estimate of drug-likeness (QED) is 0.459. The van der Waals surface area contributed by atoms with E-state index in [4.69, 9.17) is 0 Å². The van der Waals surface area contributed by atoms with Gasteiger partial charge in [-0.2, -0.15) is 0 Å². The number of nitrogens with one attached hydrogen (secondary N) is 1. The predicted octanol–water partition coefficient (Wildman–Crippen LogP) is 7.24. The number of allylic oxidation sites excluding steroid dienone is 8. The minimum Gasteiger partial charge on any atom is -0.381 e. The summed E-state index contributed by atoms with van der Waals surface area (Å²) in [7, 11) is -1.84. The molecule has 1 fully saturated rings. The van der Waals surface area contributed by atoms with Crippen molar-refractivity contribution in [3.05, 3.63) is 60.0 Å². The van der Waals surface area contributed by atoms with E-state index in [1.807, 2.05) is 0 Å². The second-order valence-electron chi connectivity index (χ2n) is 13.3. The van der Waals surface area contributed by atoms with Crippen LogP contribution in [0.3, 0.4) is 0 Å². The molecule has 0 saturated heterocycles. The molecule has 0 amide bonds. The van der Waals surface area contributed by atoms with E-state index in [0.717, 1.165) is 0 Å². The maximum Gasteiger partial charge on any atom is 0.157 e. The SMILES string of the molecule is CC(C)(C)C1=CC2C(C=C1)C1C=CC(C(C)(C)C)=CC1C2[Si](C)(C)N1C=CNC1(C)C. The van der Waals surface area contributed by atoms with E-state index in [2.05, 4.69) is 127 Å². The standard InChI is InChI=1S/C28H44N2Si/c1-26(2,3)19-11-13-21-22-14-12-20(27(4,5)6)18-24(22)25(23(21)17-19)31(9,10)30-16-15-29-28(30,7)8/h11-18,21-25,29H,1-10H3.